The first-order valence-corrected chi connectivity index (χ1v) is 7.51. The molecule has 0 radical (unpaired) electrons. The lowest BCUT2D eigenvalue weighted by atomic mass is 9.82. The van der Waals surface area contributed by atoms with Crippen LogP contribution < -0.4 is 0 Å². The van der Waals surface area contributed by atoms with Gasteiger partial charge in [0.2, 0.25) is 10.0 Å². The van der Waals surface area contributed by atoms with E-state index in [1.54, 1.807) is 0 Å². The van der Waals surface area contributed by atoms with Crippen molar-refractivity contribution in [2.75, 3.05) is 13.1 Å². The molecule has 6 heteroatoms. The molecule has 17 heavy (non-hydrogen) atoms. The zero-order valence-corrected chi connectivity index (χ0v) is 11.5. The number of carbonyl (C=O) groups is 1. The lowest BCUT2D eigenvalue weighted by molar-refractivity contribution is -0.136. The summed E-state index contributed by atoms with van der Waals surface area (Å²) in [7, 11) is -3.70. The lowest BCUT2D eigenvalue weighted by Crippen LogP contribution is -2.40. The average Bonchev–Trinajstić information content (AvgIpc) is 2.73. The first-order valence-electron chi connectivity index (χ1n) is 6.01. The quantitative estimate of drug-likeness (QED) is 0.811. The third-order valence-electron chi connectivity index (χ3n) is 4.06. The van der Waals surface area contributed by atoms with Crippen LogP contribution >= 0.6 is 0 Å². The van der Waals surface area contributed by atoms with Crippen LogP contribution in [0.25, 0.3) is 0 Å². The molecule has 0 spiro atoms. The van der Waals surface area contributed by atoms with Gasteiger partial charge in [-0.05, 0) is 31.6 Å². The number of carboxylic acid groups (broad SMARTS) is 1. The Bertz CT molecular complexity index is 386. The van der Waals surface area contributed by atoms with Gasteiger partial charge in [-0.15, -0.1) is 0 Å². The summed E-state index contributed by atoms with van der Waals surface area (Å²) in [6, 6.07) is 0. The average molecular weight is 263 g/mol. The molecule has 1 N–H and O–H groups in total. The van der Waals surface area contributed by atoms with Crippen LogP contribution in [0.2, 0.25) is 0 Å². The Morgan fingerprint density at radius 2 is 1.94 bits per heavy atom. The van der Waals surface area contributed by atoms with Crippen molar-refractivity contribution in [1.29, 1.82) is 0 Å². The maximum absolute atomic E-state index is 12.0. The molecule has 100 valence electrons. The van der Waals surface area contributed by atoms with Gasteiger partial charge in [0.05, 0.1) is 0 Å². The van der Waals surface area contributed by atoms with Gasteiger partial charge in [0.1, 0.15) is 0 Å². The molecule has 1 aliphatic rings. The Morgan fingerprint density at radius 3 is 2.29 bits per heavy atom. The molecule has 0 saturated carbocycles. The van der Waals surface area contributed by atoms with Gasteiger partial charge in [0.15, 0.2) is 5.25 Å². The van der Waals surface area contributed by atoms with Gasteiger partial charge in [0, 0.05) is 13.1 Å². The molecular formula is C11H21NO4S. The van der Waals surface area contributed by atoms with Crippen LogP contribution in [-0.4, -0.2) is 42.1 Å². The predicted molar refractivity (Wildman–Crippen MR) is 65.2 cm³/mol. The Balaban J connectivity index is 2.88. The summed E-state index contributed by atoms with van der Waals surface area (Å²) in [5.74, 6) is -1.28. The summed E-state index contributed by atoms with van der Waals surface area (Å²) in [4.78, 5) is 10.8. The Labute approximate surface area is 103 Å². The molecule has 0 aromatic carbocycles. The second kappa shape index (κ2) is 4.94. The molecule has 1 saturated heterocycles. The second-order valence-electron chi connectivity index (χ2n) is 4.82. The monoisotopic (exact) mass is 263 g/mol. The van der Waals surface area contributed by atoms with E-state index in [2.05, 4.69) is 13.8 Å². The molecule has 1 unspecified atom stereocenters. The summed E-state index contributed by atoms with van der Waals surface area (Å²) in [5.41, 5.74) is 0.0330. The highest BCUT2D eigenvalue weighted by Crippen LogP contribution is 2.38. The topological polar surface area (TPSA) is 74.7 Å². The van der Waals surface area contributed by atoms with E-state index in [1.165, 1.54) is 11.2 Å². The predicted octanol–water partition coefficient (Wildman–Crippen LogP) is 1.30. The molecule has 1 heterocycles. The number of carboxylic acids is 1. The molecule has 0 aromatic rings. The van der Waals surface area contributed by atoms with Crippen molar-refractivity contribution in [2.24, 2.45) is 5.41 Å². The minimum atomic E-state index is -3.70. The minimum Gasteiger partial charge on any atom is -0.480 e. The van der Waals surface area contributed by atoms with Gasteiger partial charge in [-0.3, -0.25) is 4.79 Å². The first-order chi connectivity index (χ1) is 7.79. The van der Waals surface area contributed by atoms with Gasteiger partial charge in [-0.1, -0.05) is 13.8 Å². The highest BCUT2D eigenvalue weighted by molar-refractivity contribution is 7.90. The molecule has 0 bridgehead atoms. The lowest BCUT2D eigenvalue weighted by Gasteiger charge is -2.26. The molecule has 0 aliphatic carbocycles. The largest absolute Gasteiger partial charge is 0.480 e. The molecule has 0 amide bonds. The van der Waals surface area contributed by atoms with Gasteiger partial charge in [-0.2, -0.15) is 0 Å². The molecule has 1 fully saturated rings. The van der Waals surface area contributed by atoms with Crippen molar-refractivity contribution in [3.05, 3.63) is 0 Å². The Morgan fingerprint density at radius 1 is 1.41 bits per heavy atom. The Kier molecular flexibility index (Phi) is 4.19. The number of aliphatic carboxylic acids is 1. The fourth-order valence-corrected chi connectivity index (χ4v) is 3.79. The summed E-state index contributed by atoms with van der Waals surface area (Å²) in [6.07, 6.45) is 2.68. The van der Waals surface area contributed by atoms with Gasteiger partial charge < -0.3 is 5.11 Å². The Hall–Kier alpha value is -0.620. The van der Waals surface area contributed by atoms with Crippen molar-refractivity contribution in [3.8, 4) is 0 Å². The third kappa shape index (κ3) is 2.63. The number of hydrogen-bond donors (Lipinski definition) is 1. The fraction of sp³-hybridized carbons (Fsp3) is 0.909. The van der Waals surface area contributed by atoms with Crippen LogP contribution in [0.5, 0.6) is 0 Å². The second-order valence-corrected chi connectivity index (χ2v) is 7.07. The summed E-state index contributed by atoms with van der Waals surface area (Å²) in [6.45, 7) is 6.25. The van der Waals surface area contributed by atoms with Gasteiger partial charge in [0.25, 0.3) is 0 Å². The van der Waals surface area contributed by atoms with Crippen molar-refractivity contribution in [3.63, 3.8) is 0 Å². The van der Waals surface area contributed by atoms with E-state index >= 15 is 0 Å². The van der Waals surface area contributed by atoms with E-state index in [0.29, 0.717) is 13.1 Å². The van der Waals surface area contributed by atoms with E-state index in [-0.39, 0.29) is 5.41 Å². The number of sulfonamides is 1. The van der Waals surface area contributed by atoms with Crippen molar-refractivity contribution < 1.29 is 18.3 Å². The smallest absolute Gasteiger partial charge is 0.323 e. The standard InChI is InChI=1S/C11H21NO4S/c1-4-11(5-2)6-7-12(8-11)17(15,16)9(3)10(13)14/h9H,4-8H2,1-3H3,(H,13,14). The summed E-state index contributed by atoms with van der Waals surface area (Å²) < 4.78 is 25.4. The van der Waals surface area contributed by atoms with E-state index < -0.39 is 21.2 Å². The number of hydrogen-bond acceptors (Lipinski definition) is 3. The highest BCUT2D eigenvalue weighted by Gasteiger charge is 2.43. The molecule has 1 aliphatic heterocycles. The molecule has 0 aromatic heterocycles. The van der Waals surface area contributed by atoms with E-state index in [4.69, 9.17) is 5.11 Å². The van der Waals surface area contributed by atoms with Crippen LogP contribution in [-0.2, 0) is 14.8 Å². The number of nitrogens with zero attached hydrogens (tertiary/aromatic N) is 1. The maximum atomic E-state index is 12.0. The number of rotatable bonds is 5. The van der Waals surface area contributed by atoms with Crippen molar-refractivity contribution in [2.45, 2.75) is 45.3 Å². The molecule has 1 atom stereocenters. The van der Waals surface area contributed by atoms with Crippen molar-refractivity contribution >= 4 is 16.0 Å². The normalized spacial score (nSPS) is 22.5. The summed E-state index contributed by atoms with van der Waals surface area (Å²) >= 11 is 0. The van der Waals surface area contributed by atoms with E-state index in [1.807, 2.05) is 0 Å². The SMILES string of the molecule is CCC1(CC)CCN(S(=O)(=O)C(C)C(=O)O)C1. The first kappa shape index (κ1) is 14.4. The van der Waals surface area contributed by atoms with Crippen LogP contribution in [0.4, 0.5) is 0 Å². The maximum Gasteiger partial charge on any atom is 0.323 e. The van der Waals surface area contributed by atoms with Crippen LogP contribution in [0.3, 0.4) is 0 Å². The van der Waals surface area contributed by atoms with Gasteiger partial charge in [-0.25, -0.2) is 12.7 Å². The molecule has 1 rings (SSSR count). The fourth-order valence-electron chi connectivity index (χ4n) is 2.29. The van der Waals surface area contributed by atoms with E-state index in [0.717, 1.165) is 19.3 Å². The highest BCUT2D eigenvalue weighted by atomic mass is 32.2. The molecular weight excluding hydrogens is 242 g/mol. The van der Waals surface area contributed by atoms with Crippen LogP contribution in [0.15, 0.2) is 0 Å². The van der Waals surface area contributed by atoms with Crippen molar-refractivity contribution in [1.82, 2.24) is 4.31 Å². The zero-order valence-electron chi connectivity index (χ0n) is 10.6. The molecule has 5 nitrogen and oxygen atoms in total. The van der Waals surface area contributed by atoms with Crippen LogP contribution in [0, 0.1) is 5.41 Å². The summed E-state index contributed by atoms with van der Waals surface area (Å²) in [5, 5.41) is 7.46. The van der Waals surface area contributed by atoms with Crippen LogP contribution in [0.1, 0.15) is 40.0 Å². The van der Waals surface area contributed by atoms with E-state index in [9.17, 15) is 13.2 Å². The van der Waals surface area contributed by atoms with Gasteiger partial charge >= 0.3 is 5.97 Å². The zero-order chi connectivity index (χ0) is 13.3. The minimum absolute atomic E-state index is 0.0330. The third-order valence-corrected chi connectivity index (χ3v) is 6.18.